The SMILES string of the molecule is CCC=O.[Pd]. The van der Waals surface area contributed by atoms with Crippen LogP contribution in [0.5, 0.6) is 0 Å². The van der Waals surface area contributed by atoms with E-state index in [9.17, 15) is 4.79 Å². The van der Waals surface area contributed by atoms with Gasteiger partial charge in [-0.05, 0) is 0 Å². The van der Waals surface area contributed by atoms with E-state index in [2.05, 4.69) is 0 Å². The largest absolute Gasteiger partial charge is 0.303 e. The van der Waals surface area contributed by atoms with Crippen molar-refractivity contribution in [2.45, 2.75) is 13.3 Å². The van der Waals surface area contributed by atoms with Crippen LogP contribution < -0.4 is 0 Å². The number of aldehydes is 1. The molecule has 1 nitrogen and oxygen atoms in total. The molecule has 0 atom stereocenters. The fraction of sp³-hybridized carbons (Fsp3) is 0.667. The van der Waals surface area contributed by atoms with Gasteiger partial charge in [-0.1, -0.05) is 6.92 Å². The molecule has 0 rings (SSSR count). The van der Waals surface area contributed by atoms with Gasteiger partial charge in [0, 0.05) is 26.8 Å². The standard InChI is InChI=1S/C3H6O.Pd/c1-2-3-4;/h3H,2H2,1H3;. The molecule has 2 heteroatoms. The van der Waals surface area contributed by atoms with Gasteiger partial charge in [0.2, 0.25) is 0 Å². The van der Waals surface area contributed by atoms with Gasteiger partial charge in [-0.25, -0.2) is 0 Å². The van der Waals surface area contributed by atoms with Crippen molar-refractivity contribution >= 4 is 6.29 Å². The van der Waals surface area contributed by atoms with Crippen LogP contribution in [0, 0.1) is 0 Å². The molecule has 0 heterocycles. The van der Waals surface area contributed by atoms with E-state index in [1.807, 2.05) is 6.92 Å². The Bertz CT molecular complexity index is 20.9. The second kappa shape index (κ2) is 8.84. The maximum atomic E-state index is 9.17. The molecule has 0 aliphatic rings. The Morgan fingerprint density at radius 1 is 1.80 bits per heavy atom. The first-order valence-electron chi connectivity index (χ1n) is 1.35. The number of rotatable bonds is 1. The van der Waals surface area contributed by atoms with Crippen LogP contribution in [0.25, 0.3) is 0 Å². The second-order valence-corrected chi connectivity index (χ2v) is 0.575. The summed E-state index contributed by atoms with van der Waals surface area (Å²) in [6.07, 6.45) is 1.51. The fourth-order valence-electron chi connectivity index (χ4n) is 0. The molecule has 0 radical (unpaired) electrons. The van der Waals surface area contributed by atoms with E-state index in [4.69, 9.17) is 0 Å². The fourth-order valence-corrected chi connectivity index (χ4v) is 0. The Kier molecular flexibility index (Phi) is 15.9. The van der Waals surface area contributed by atoms with Gasteiger partial charge in [-0.3, -0.25) is 0 Å². The van der Waals surface area contributed by atoms with Crippen molar-refractivity contribution in [3.05, 3.63) is 0 Å². The van der Waals surface area contributed by atoms with E-state index in [-0.39, 0.29) is 20.4 Å². The Morgan fingerprint density at radius 3 is 2.00 bits per heavy atom. The molecule has 0 aromatic carbocycles. The molecule has 0 saturated heterocycles. The summed E-state index contributed by atoms with van der Waals surface area (Å²) in [6, 6.07) is 0. The summed E-state index contributed by atoms with van der Waals surface area (Å²) < 4.78 is 0. The number of hydrogen-bond acceptors (Lipinski definition) is 1. The van der Waals surface area contributed by atoms with Crippen LogP contribution in [0.2, 0.25) is 0 Å². The van der Waals surface area contributed by atoms with E-state index in [0.717, 1.165) is 6.29 Å². The zero-order valence-corrected chi connectivity index (χ0v) is 4.56. The monoisotopic (exact) mass is 164 g/mol. The predicted octanol–water partition coefficient (Wildman–Crippen LogP) is 0.593. The summed E-state index contributed by atoms with van der Waals surface area (Å²) in [5, 5.41) is 0. The molecule has 0 aliphatic heterocycles. The molecule has 0 aromatic rings. The number of hydrogen-bond donors (Lipinski definition) is 0. The van der Waals surface area contributed by atoms with Crippen LogP contribution in [-0.2, 0) is 25.2 Å². The van der Waals surface area contributed by atoms with Crippen molar-refractivity contribution in [3.8, 4) is 0 Å². The third-order valence-corrected chi connectivity index (χ3v) is 0.167. The molecule has 0 bridgehead atoms. The number of carbonyl (C=O) groups excluding carboxylic acids is 1. The van der Waals surface area contributed by atoms with Crippen molar-refractivity contribution in [3.63, 3.8) is 0 Å². The Morgan fingerprint density at radius 2 is 2.00 bits per heavy atom. The van der Waals surface area contributed by atoms with Crippen LogP contribution in [0.4, 0.5) is 0 Å². The van der Waals surface area contributed by atoms with Gasteiger partial charge in [-0.2, -0.15) is 0 Å². The molecule has 0 aromatic heterocycles. The minimum Gasteiger partial charge on any atom is -0.303 e. The van der Waals surface area contributed by atoms with E-state index < -0.39 is 0 Å². The summed E-state index contributed by atoms with van der Waals surface area (Å²) in [4.78, 5) is 9.17. The molecule has 0 amide bonds. The average Bonchev–Trinajstić information content (AvgIpc) is 1.37. The van der Waals surface area contributed by atoms with E-state index in [0.29, 0.717) is 6.42 Å². The average molecular weight is 164 g/mol. The topological polar surface area (TPSA) is 17.1 Å². The van der Waals surface area contributed by atoms with E-state index in [1.165, 1.54) is 0 Å². The van der Waals surface area contributed by atoms with Gasteiger partial charge in [0.1, 0.15) is 6.29 Å². The molecule has 0 spiro atoms. The molecule has 0 saturated carbocycles. The Balaban J connectivity index is 0. The van der Waals surface area contributed by atoms with Crippen molar-refractivity contribution in [1.82, 2.24) is 0 Å². The zero-order valence-electron chi connectivity index (χ0n) is 3.01. The van der Waals surface area contributed by atoms with Crippen LogP contribution >= 0.6 is 0 Å². The van der Waals surface area contributed by atoms with Crippen LogP contribution in [0.3, 0.4) is 0 Å². The van der Waals surface area contributed by atoms with E-state index in [1.54, 1.807) is 0 Å². The first kappa shape index (κ1) is 9.01. The van der Waals surface area contributed by atoms with Crippen LogP contribution in [0.1, 0.15) is 13.3 Å². The molecule has 0 unspecified atom stereocenters. The summed E-state index contributed by atoms with van der Waals surface area (Å²) in [7, 11) is 0. The Hall–Kier alpha value is 0.332. The van der Waals surface area contributed by atoms with Gasteiger partial charge in [0.15, 0.2) is 0 Å². The quantitative estimate of drug-likeness (QED) is 0.410. The van der Waals surface area contributed by atoms with E-state index >= 15 is 0 Å². The van der Waals surface area contributed by atoms with Gasteiger partial charge >= 0.3 is 0 Å². The third kappa shape index (κ3) is 13.3. The van der Waals surface area contributed by atoms with Crippen molar-refractivity contribution < 1.29 is 25.2 Å². The van der Waals surface area contributed by atoms with Gasteiger partial charge < -0.3 is 4.79 Å². The molecular formula is C3H6OPd. The van der Waals surface area contributed by atoms with Crippen LogP contribution in [0.15, 0.2) is 0 Å². The Labute approximate surface area is 45.4 Å². The van der Waals surface area contributed by atoms with Crippen molar-refractivity contribution in [1.29, 1.82) is 0 Å². The van der Waals surface area contributed by atoms with Crippen molar-refractivity contribution in [2.24, 2.45) is 0 Å². The maximum Gasteiger partial charge on any atom is 0.119 e. The molecule has 34 valence electrons. The zero-order chi connectivity index (χ0) is 3.41. The third-order valence-electron chi connectivity index (χ3n) is 0.167. The minimum absolute atomic E-state index is 0. The first-order chi connectivity index (χ1) is 1.91. The molecular weight excluding hydrogens is 158 g/mol. The molecule has 0 aliphatic carbocycles. The molecule has 5 heavy (non-hydrogen) atoms. The first-order valence-corrected chi connectivity index (χ1v) is 1.35. The summed E-state index contributed by atoms with van der Waals surface area (Å²) in [6.45, 7) is 1.81. The van der Waals surface area contributed by atoms with Gasteiger partial charge in [-0.15, -0.1) is 0 Å². The summed E-state index contributed by atoms with van der Waals surface area (Å²) in [5.41, 5.74) is 0. The summed E-state index contributed by atoms with van der Waals surface area (Å²) >= 11 is 0. The minimum atomic E-state index is 0. The van der Waals surface area contributed by atoms with Crippen molar-refractivity contribution in [2.75, 3.05) is 0 Å². The van der Waals surface area contributed by atoms with Gasteiger partial charge in [0.25, 0.3) is 0 Å². The molecule has 0 fully saturated rings. The summed E-state index contributed by atoms with van der Waals surface area (Å²) in [5.74, 6) is 0. The molecule has 0 N–H and O–H groups in total. The number of carbonyl (C=O) groups is 1. The normalized spacial score (nSPS) is 5.00. The predicted molar refractivity (Wildman–Crippen MR) is 16.4 cm³/mol. The van der Waals surface area contributed by atoms with Gasteiger partial charge in [0.05, 0.1) is 0 Å². The van der Waals surface area contributed by atoms with Crippen LogP contribution in [-0.4, -0.2) is 6.29 Å². The smallest absolute Gasteiger partial charge is 0.119 e. The maximum absolute atomic E-state index is 9.17. The second-order valence-electron chi connectivity index (χ2n) is 0.575.